The molecule has 11 nitrogen and oxygen atoms in total. The Morgan fingerprint density at radius 2 is 1.50 bits per heavy atom. The Morgan fingerprint density at radius 3 is 1.92 bits per heavy atom. The zero-order valence-corrected chi connectivity index (χ0v) is 14.9. The van der Waals surface area contributed by atoms with Crippen molar-refractivity contribution in [2.24, 2.45) is 0 Å². The number of aryl methyl sites for hydroxylation is 1. The molecule has 0 unspecified atom stereocenters. The van der Waals surface area contributed by atoms with E-state index in [2.05, 4.69) is 0 Å². The molecule has 2 rings (SSSR count). The van der Waals surface area contributed by atoms with E-state index in [1.807, 2.05) is 0 Å². The molecule has 0 saturated heterocycles. The van der Waals surface area contributed by atoms with Gasteiger partial charge in [-0.1, -0.05) is 6.07 Å². The summed E-state index contributed by atoms with van der Waals surface area (Å²) < 4.78 is 59.8. The molecule has 0 fully saturated rings. The Hall–Kier alpha value is -2.74. The Bertz CT molecular complexity index is 1050. The fourth-order valence-corrected chi connectivity index (χ4v) is 2.79. The van der Waals surface area contributed by atoms with E-state index >= 15 is 0 Å². The standard InChI is InChI=1S/C7H9NO3S.C6H6N2O5S/c1-5-2-3-6(4-7(5)8)12(9,10)11;7-5-2-1-4(8(9)10)3-6(5)14(11,12)13/h2-4H,8H2,1H3,(H,9,10,11);1-3H,7H2,(H,11,12,13). The van der Waals surface area contributed by atoms with Crippen LogP contribution in [0.15, 0.2) is 46.2 Å². The molecule has 0 radical (unpaired) electrons. The van der Waals surface area contributed by atoms with Crippen LogP contribution in [0.4, 0.5) is 17.1 Å². The minimum Gasteiger partial charge on any atom is -0.398 e. The van der Waals surface area contributed by atoms with Gasteiger partial charge in [-0.15, -0.1) is 0 Å². The van der Waals surface area contributed by atoms with E-state index < -0.39 is 35.7 Å². The number of nitrogens with zero attached hydrogens (tertiary/aromatic N) is 1. The molecule has 2 aromatic rings. The Labute approximate surface area is 148 Å². The lowest BCUT2D eigenvalue weighted by Gasteiger charge is -2.01. The lowest BCUT2D eigenvalue weighted by molar-refractivity contribution is -0.385. The Morgan fingerprint density at radius 1 is 0.923 bits per heavy atom. The summed E-state index contributed by atoms with van der Waals surface area (Å²) >= 11 is 0. The lowest BCUT2D eigenvalue weighted by atomic mass is 10.2. The summed E-state index contributed by atoms with van der Waals surface area (Å²) in [4.78, 5) is 8.66. The van der Waals surface area contributed by atoms with E-state index in [4.69, 9.17) is 20.6 Å². The highest BCUT2D eigenvalue weighted by atomic mass is 32.2. The second kappa shape index (κ2) is 7.65. The molecule has 26 heavy (non-hydrogen) atoms. The normalized spacial score (nSPS) is 11.3. The quantitative estimate of drug-likeness (QED) is 0.249. The molecular formula is C13H15N3O8S2. The maximum Gasteiger partial charge on any atom is 0.296 e. The average molecular weight is 405 g/mol. The molecule has 0 spiro atoms. The van der Waals surface area contributed by atoms with Gasteiger partial charge in [-0.2, -0.15) is 16.8 Å². The smallest absolute Gasteiger partial charge is 0.296 e. The van der Waals surface area contributed by atoms with E-state index in [1.54, 1.807) is 13.0 Å². The van der Waals surface area contributed by atoms with Crippen molar-refractivity contribution in [2.45, 2.75) is 16.7 Å². The number of non-ortho nitro benzene ring substituents is 1. The summed E-state index contributed by atoms with van der Waals surface area (Å²) in [7, 11) is -8.64. The monoisotopic (exact) mass is 405 g/mol. The molecule has 0 aliphatic heterocycles. The lowest BCUT2D eigenvalue weighted by Crippen LogP contribution is -2.03. The van der Waals surface area contributed by atoms with E-state index in [0.29, 0.717) is 11.8 Å². The third kappa shape index (κ3) is 5.66. The van der Waals surface area contributed by atoms with Crippen LogP contribution in [-0.2, 0) is 20.2 Å². The van der Waals surface area contributed by atoms with Crippen molar-refractivity contribution in [3.05, 3.63) is 52.1 Å². The number of rotatable bonds is 3. The topological polar surface area (TPSA) is 204 Å². The summed E-state index contributed by atoms with van der Waals surface area (Å²) in [6.07, 6.45) is 0. The van der Waals surface area contributed by atoms with E-state index in [-0.39, 0.29) is 10.6 Å². The van der Waals surface area contributed by atoms with Crippen molar-refractivity contribution in [2.75, 3.05) is 11.5 Å². The summed E-state index contributed by atoms with van der Waals surface area (Å²) in [6.45, 7) is 1.75. The summed E-state index contributed by atoms with van der Waals surface area (Å²) in [5, 5.41) is 10.3. The Kier molecular flexibility index (Phi) is 6.27. The van der Waals surface area contributed by atoms with Gasteiger partial charge >= 0.3 is 0 Å². The first kappa shape index (κ1) is 21.3. The molecule has 0 saturated carbocycles. The SMILES string of the molecule is Cc1ccc(S(=O)(=O)O)cc1N.Nc1ccc([N+](=O)[O-])cc1S(=O)(=O)O. The van der Waals surface area contributed by atoms with Crippen LogP contribution in [0.3, 0.4) is 0 Å². The molecule has 13 heteroatoms. The molecule has 0 amide bonds. The molecule has 0 aliphatic carbocycles. The van der Waals surface area contributed by atoms with E-state index in [1.165, 1.54) is 12.1 Å². The second-order valence-corrected chi connectivity index (χ2v) is 7.76. The fraction of sp³-hybridized carbons (Fsp3) is 0.0769. The number of nitrogen functional groups attached to an aromatic ring is 2. The molecule has 0 aromatic heterocycles. The largest absolute Gasteiger partial charge is 0.398 e. The number of hydrogen-bond donors (Lipinski definition) is 4. The van der Waals surface area contributed by atoms with Crippen LogP contribution in [0, 0.1) is 17.0 Å². The predicted molar refractivity (Wildman–Crippen MR) is 92.7 cm³/mol. The highest BCUT2D eigenvalue weighted by Gasteiger charge is 2.18. The van der Waals surface area contributed by atoms with Crippen LogP contribution in [0.1, 0.15) is 5.56 Å². The number of anilines is 2. The number of hydrogen-bond acceptors (Lipinski definition) is 8. The summed E-state index contributed by atoms with van der Waals surface area (Å²) in [5.41, 5.74) is 11.1. The first-order chi connectivity index (χ1) is 11.7. The third-order valence-corrected chi connectivity index (χ3v) is 4.79. The van der Waals surface area contributed by atoms with Gasteiger partial charge in [-0.3, -0.25) is 19.2 Å². The minimum atomic E-state index is -4.52. The van der Waals surface area contributed by atoms with Crippen molar-refractivity contribution >= 4 is 37.3 Å². The molecule has 142 valence electrons. The Balaban J connectivity index is 0.000000263. The molecule has 6 N–H and O–H groups in total. The molecule has 0 aliphatic rings. The van der Waals surface area contributed by atoms with Gasteiger partial charge in [-0.05, 0) is 30.7 Å². The van der Waals surface area contributed by atoms with Gasteiger partial charge in [0.15, 0.2) is 0 Å². The number of nitro groups is 1. The first-order valence-corrected chi connectivity index (χ1v) is 9.46. The van der Waals surface area contributed by atoms with Crippen LogP contribution in [-0.4, -0.2) is 30.9 Å². The molecule has 0 atom stereocenters. The van der Waals surface area contributed by atoms with Crippen molar-refractivity contribution in [1.82, 2.24) is 0 Å². The minimum absolute atomic E-state index is 0.175. The van der Waals surface area contributed by atoms with Crippen LogP contribution in [0.2, 0.25) is 0 Å². The van der Waals surface area contributed by atoms with Crippen LogP contribution in [0.5, 0.6) is 0 Å². The van der Waals surface area contributed by atoms with Crippen LogP contribution in [0.25, 0.3) is 0 Å². The summed E-state index contributed by atoms with van der Waals surface area (Å²) in [5.74, 6) is 0. The zero-order valence-electron chi connectivity index (χ0n) is 13.2. The van der Waals surface area contributed by atoms with Crippen molar-refractivity contribution in [1.29, 1.82) is 0 Å². The first-order valence-electron chi connectivity index (χ1n) is 6.58. The van der Waals surface area contributed by atoms with E-state index in [0.717, 1.165) is 17.7 Å². The number of benzene rings is 2. The number of nitro benzene ring substituents is 1. The highest BCUT2D eigenvalue weighted by Crippen LogP contribution is 2.23. The van der Waals surface area contributed by atoms with Crippen LogP contribution >= 0.6 is 0 Å². The predicted octanol–water partition coefficient (Wildman–Crippen LogP) is 1.25. The van der Waals surface area contributed by atoms with Crippen molar-refractivity contribution in [3.63, 3.8) is 0 Å². The molecule has 2 aromatic carbocycles. The maximum absolute atomic E-state index is 10.7. The summed E-state index contributed by atoms with van der Waals surface area (Å²) in [6, 6.07) is 6.86. The van der Waals surface area contributed by atoms with Crippen molar-refractivity contribution in [3.8, 4) is 0 Å². The van der Waals surface area contributed by atoms with Gasteiger partial charge in [-0.25, -0.2) is 0 Å². The van der Waals surface area contributed by atoms with Gasteiger partial charge in [0.05, 0.1) is 15.5 Å². The van der Waals surface area contributed by atoms with Gasteiger partial charge in [0.25, 0.3) is 25.9 Å². The molecule has 0 heterocycles. The number of nitrogens with two attached hydrogens (primary N) is 2. The van der Waals surface area contributed by atoms with Gasteiger partial charge < -0.3 is 11.5 Å². The fourth-order valence-electron chi connectivity index (χ4n) is 1.64. The van der Waals surface area contributed by atoms with Gasteiger partial charge in [0.1, 0.15) is 4.90 Å². The zero-order chi connectivity index (χ0) is 20.3. The third-order valence-electron chi connectivity index (χ3n) is 3.03. The second-order valence-electron chi connectivity index (χ2n) is 4.95. The highest BCUT2D eigenvalue weighted by molar-refractivity contribution is 7.86. The average Bonchev–Trinajstić information content (AvgIpc) is 2.48. The van der Waals surface area contributed by atoms with Crippen LogP contribution < -0.4 is 11.5 Å². The van der Waals surface area contributed by atoms with Gasteiger partial charge in [0.2, 0.25) is 0 Å². The van der Waals surface area contributed by atoms with Crippen molar-refractivity contribution < 1.29 is 30.9 Å². The molecule has 0 bridgehead atoms. The van der Waals surface area contributed by atoms with E-state index in [9.17, 15) is 26.9 Å². The van der Waals surface area contributed by atoms with Gasteiger partial charge in [0, 0.05) is 17.8 Å². The maximum atomic E-state index is 10.7. The molecular weight excluding hydrogens is 390 g/mol.